The highest BCUT2D eigenvalue weighted by Crippen LogP contribution is 2.35. The quantitative estimate of drug-likeness (QED) is 0.699. The maximum Gasteiger partial charge on any atom is 0.211 e. The summed E-state index contributed by atoms with van der Waals surface area (Å²) in [6.45, 7) is 0. The van der Waals surface area contributed by atoms with Crippen LogP contribution in [0.4, 0.5) is 10.8 Å². The number of hydrogen-bond acceptors (Lipinski definition) is 8. The highest BCUT2D eigenvalue weighted by atomic mass is 35.5. The highest BCUT2D eigenvalue weighted by Gasteiger charge is 2.11. The Morgan fingerprint density at radius 2 is 2.14 bits per heavy atom. The lowest BCUT2D eigenvalue weighted by Gasteiger charge is -2.07. The summed E-state index contributed by atoms with van der Waals surface area (Å²) in [5.41, 5.74) is 0.831. The molecule has 0 bridgehead atoms. The van der Waals surface area contributed by atoms with Gasteiger partial charge in [0.1, 0.15) is 17.1 Å². The van der Waals surface area contributed by atoms with Gasteiger partial charge in [0.15, 0.2) is 4.34 Å². The van der Waals surface area contributed by atoms with Crippen molar-refractivity contribution < 1.29 is 4.74 Å². The van der Waals surface area contributed by atoms with Crippen LogP contribution in [0, 0.1) is 0 Å². The Hall–Kier alpha value is -1.90. The molecule has 0 fully saturated rings. The molecule has 0 radical (unpaired) electrons. The van der Waals surface area contributed by atoms with Crippen LogP contribution in [0.5, 0.6) is 5.75 Å². The largest absolute Gasteiger partial charge is 0.495 e. The van der Waals surface area contributed by atoms with Crippen molar-refractivity contribution in [3.63, 3.8) is 0 Å². The van der Waals surface area contributed by atoms with E-state index in [0.29, 0.717) is 15.2 Å². The van der Waals surface area contributed by atoms with E-state index in [9.17, 15) is 0 Å². The number of anilines is 2. The fourth-order valence-electron chi connectivity index (χ4n) is 1.62. The summed E-state index contributed by atoms with van der Waals surface area (Å²) >= 11 is 8.78. The number of rotatable bonds is 5. The molecule has 0 aliphatic rings. The lowest BCUT2D eigenvalue weighted by atomic mass is 10.3. The smallest absolute Gasteiger partial charge is 0.211 e. The molecule has 1 aromatic carbocycles. The average Bonchev–Trinajstić information content (AvgIpc) is 2.97. The second kappa shape index (κ2) is 6.91. The number of para-hydroxylation sites is 2. The topological polar surface area (TPSA) is 72.8 Å². The minimum atomic E-state index is 0.488. The summed E-state index contributed by atoms with van der Waals surface area (Å²) in [6, 6.07) is 7.61. The predicted octanol–water partition coefficient (Wildman–Crippen LogP) is 3.88. The summed E-state index contributed by atoms with van der Waals surface area (Å²) < 4.78 is 6.02. The number of hydrogen-bond donors (Lipinski definition) is 1. The third-order valence-corrected chi connectivity index (χ3v) is 4.87. The van der Waals surface area contributed by atoms with E-state index in [1.165, 1.54) is 29.4 Å². The van der Waals surface area contributed by atoms with Crippen molar-refractivity contribution in [2.45, 2.75) is 9.37 Å². The minimum Gasteiger partial charge on any atom is -0.495 e. The molecule has 0 saturated carbocycles. The van der Waals surface area contributed by atoms with Gasteiger partial charge < -0.3 is 10.1 Å². The molecular weight excluding hydrogens is 342 g/mol. The van der Waals surface area contributed by atoms with Gasteiger partial charge in [0.05, 0.1) is 24.0 Å². The van der Waals surface area contributed by atoms with Crippen LogP contribution in [0.15, 0.2) is 46.2 Å². The van der Waals surface area contributed by atoms with Crippen LogP contribution in [-0.2, 0) is 0 Å². The molecule has 2 aromatic heterocycles. The molecule has 22 heavy (non-hydrogen) atoms. The third kappa shape index (κ3) is 3.46. The van der Waals surface area contributed by atoms with E-state index in [1.807, 2.05) is 24.3 Å². The summed E-state index contributed by atoms with van der Waals surface area (Å²) in [5, 5.41) is 13.2. The highest BCUT2D eigenvalue weighted by molar-refractivity contribution is 8.01. The standard InChI is InChI=1S/C13H10ClN5OS2/c1-20-10-5-3-2-4-9(10)17-12-18-19-13(22-12)21-11-8(14)6-15-7-16-11/h2-7H,1H3,(H,17,18). The number of benzene rings is 1. The molecule has 3 rings (SSSR count). The Kier molecular flexibility index (Phi) is 4.71. The first-order chi connectivity index (χ1) is 10.8. The predicted molar refractivity (Wildman–Crippen MR) is 87.4 cm³/mol. The summed E-state index contributed by atoms with van der Waals surface area (Å²) in [5.74, 6) is 0.741. The van der Waals surface area contributed by atoms with Crippen molar-refractivity contribution in [2.24, 2.45) is 0 Å². The first kappa shape index (κ1) is 15.0. The Balaban J connectivity index is 1.75. The van der Waals surface area contributed by atoms with Gasteiger partial charge in [0, 0.05) is 0 Å². The number of nitrogens with zero attached hydrogens (tertiary/aromatic N) is 4. The molecular formula is C13H10ClN5OS2. The van der Waals surface area contributed by atoms with E-state index >= 15 is 0 Å². The van der Waals surface area contributed by atoms with E-state index in [-0.39, 0.29) is 0 Å². The molecule has 9 heteroatoms. The lowest BCUT2D eigenvalue weighted by molar-refractivity contribution is 0.417. The second-order valence-electron chi connectivity index (χ2n) is 3.98. The van der Waals surface area contributed by atoms with Gasteiger partial charge in [0.2, 0.25) is 5.13 Å². The Labute approximate surface area is 139 Å². The van der Waals surface area contributed by atoms with Crippen LogP contribution < -0.4 is 10.1 Å². The zero-order valence-electron chi connectivity index (χ0n) is 11.4. The number of halogens is 1. The molecule has 0 unspecified atom stereocenters. The molecule has 0 saturated heterocycles. The Morgan fingerprint density at radius 3 is 2.95 bits per heavy atom. The van der Waals surface area contributed by atoms with Gasteiger partial charge in [-0.25, -0.2) is 9.97 Å². The van der Waals surface area contributed by atoms with Crippen molar-refractivity contribution in [2.75, 3.05) is 12.4 Å². The molecule has 0 atom stereocenters. The van der Waals surface area contributed by atoms with Crippen LogP contribution in [0.2, 0.25) is 5.02 Å². The van der Waals surface area contributed by atoms with Crippen molar-refractivity contribution >= 4 is 45.5 Å². The van der Waals surface area contributed by atoms with E-state index in [4.69, 9.17) is 16.3 Å². The van der Waals surface area contributed by atoms with E-state index in [0.717, 1.165) is 15.8 Å². The first-order valence-corrected chi connectivity index (χ1v) is 8.14. The molecule has 3 aromatic rings. The molecule has 0 amide bonds. The van der Waals surface area contributed by atoms with E-state index in [1.54, 1.807) is 13.3 Å². The Bertz CT molecular complexity index is 782. The average molecular weight is 352 g/mol. The SMILES string of the molecule is COc1ccccc1Nc1nnc(Sc2ncncc2Cl)s1. The number of nitrogens with one attached hydrogen (secondary N) is 1. The van der Waals surface area contributed by atoms with Gasteiger partial charge in [0.25, 0.3) is 0 Å². The first-order valence-electron chi connectivity index (χ1n) is 6.13. The molecule has 1 N–H and O–H groups in total. The zero-order valence-corrected chi connectivity index (χ0v) is 13.7. The maximum atomic E-state index is 6.03. The maximum absolute atomic E-state index is 6.03. The minimum absolute atomic E-state index is 0.488. The van der Waals surface area contributed by atoms with Crippen LogP contribution >= 0.6 is 34.7 Å². The molecule has 6 nitrogen and oxygen atoms in total. The van der Waals surface area contributed by atoms with Crippen LogP contribution in [0.25, 0.3) is 0 Å². The zero-order chi connectivity index (χ0) is 15.4. The normalized spacial score (nSPS) is 10.5. The summed E-state index contributed by atoms with van der Waals surface area (Å²) in [7, 11) is 1.62. The van der Waals surface area contributed by atoms with Crippen molar-refractivity contribution in [3.8, 4) is 5.75 Å². The van der Waals surface area contributed by atoms with E-state index < -0.39 is 0 Å². The molecule has 0 aliphatic carbocycles. The van der Waals surface area contributed by atoms with Crippen LogP contribution in [-0.4, -0.2) is 27.3 Å². The van der Waals surface area contributed by atoms with Crippen molar-refractivity contribution in [1.29, 1.82) is 0 Å². The van der Waals surface area contributed by atoms with E-state index in [2.05, 4.69) is 25.5 Å². The molecule has 112 valence electrons. The summed E-state index contributed by atoms with van der Waals surface area (Å²) in [6.07, 6.45) is 3.00. The number of ether oxygens (including phenoxy) is 1. The van der Waals surface area contributed by atoms with Gasteiger partial charge in [-0.05, 0) is 23.9 Å². The van der Waals surface area contributed by atoms with Gasteiger partial charge in [-0.15, -0.1) is 10.2 Å². The molecule has 0 aliphatic heterocycles. The summed E-state index contributed by atoms with van der Waals surface area (Å²) in [4.78, 5) is 7.96. The number of aromatic nitrogens is 4. The van der Waals surface area contributed by atoms with Gasteiger partial charge in [-0.2, -0.15) is 0 Å². The van der Waals surface area contributed by atoms with Gasteiger partial charge in [-0.3, -0.25) is 0 Å². The number of methoxy groups -OCH3 is 1. The third-order valence-electron chi connectivity index (χ3n) is 2.57. The lowest BCUT2D eigenvalue weighted by Crippen LogP contribution is -1.93. The van der Waals surface area contributed by atoms with Gasteiger partial charge in [-0.1, -0.05) is 35.1 Å². The fraction of sp³-hybridized carbons (Fsp3) is 0.0769. The fourth-order valence-corrected chi connectivity index (χ4v) is 3.47. The van der Waals surface area contributed by atoms with Crippen molar-refractivity contribution in [3.05, 3.63) is 41.8 Å². The van der Waals surface area contributed by atoms with Crippen LogP contribution in [0.3, 0.4) is 0 Å². The monoisotopic (exact) mass is 351 g/mol. The van der Waals surface area contributed by atoms with Gasteiger partial charge >= 0.3 is 0 Å². The molecule has 2 heterocycles. The van der Waals surface area contributed by atoms with Crippen molar-refractivity contribution in [1.82, 2.24) is 20.2 Å². The Morgan fingerprint density at radius 1 is 1.27 bits per heavy atom. The second-order valence-corrected chi connectivity index (χ2v) is 6.60. The molecule has 0 spiro atoms. The van der Waals surface area contributed by atoms with Crippen LogP contribution in [0.1, 0.15) is 0 Å².